The van der Waals surface area contributed by atoms with Crippen molar-refractivity contribution in [3.8, 4) is 0 Å². The number of primary amides is 1. The Morgan fingerprint density at radius 2 is 1.39 bits per heavy atom. The Morgan fingerprint density at radius 1 is 0.750 bits per heavy atom. The SMILES string of the molecule is CC[C@H](C)[C@@H]([C@@H](CC(=O)N1C[C@@H](OC(=O)N(C)CCCC(=O)OCc2ccc(CC(=O)[C@H](CCCCC(N)=O)NC(=O)[C@@H](CC(=O)CCCCCN3C(=O)CC(SCC4(CC(=O)O)CC4)C3=O)C(C)C)cc2)C[C@H]1[C@H](OC)[C@@H](C)C(=O)NCCc1c(F)cccc1F)OC)N(C)C(=O)[C@@H](CC(=O)[C@H](C(C)C)N(C)C)C(C)C. The van der Waals surface area contributed by atoms with E-state index >= 15 is 4.79 Å². The van der Waals surface area contributed by atoms with Gasteiger partial charge >= 0.3 is 18.0 Å². The molecule has 29 heteroatoms. The highest BCUT2D eigenvalue weighted by molar-refractivity contribution is 8.00. The lowest BCUT2D eigenvalue weighted by atomic mass is 9.83. The number of nitrogens with zero attached hydrogens (tertiary/aromatic N) is 5. The number of halogens is 2. The lowest BCUT2D eigenvalue weighted by Crippen LogP contribution is -2.54. The second-order valence-electron chi connectivity index (χ2n) is 32.3. The number of ketones is 3. The van der Waals surface area contributed by atoms with Crippen LogP contribution in [0.1, 0.15) is 201 Å². The van der Waals surface area contributed by atoms with Crippen LogP contribution in [0.4, 0.5) is 13.6 Å². The van der Waals surface area contributed by atoms with Crippen molar-refractivity contribution in [1.82, 2.24) is 35.1 Å². The van der Waals surface area contributed by atoms with Gasteiger partial charge in [0.2, 0.25) is 41.4 Å². The first-order chi connectivity index (χ1) is 52.9. The minimum atomic E-state index is -0.997. The van der Waals surface area contributed by atoms with Gasteiger partial charge in [-0.2, -0.15) is 0 Å². The third-order valence-corrected chi connectivity index (χ3v) is 23.9. The first-order valence-electron chi connectivity index (χ1n) is 39.8. The number of ether oxygens (including phenoxy) is 4. The Kier molecular flexibility index (Phi) is 38.9. The Balaban J connectivity index is 1.16. The number of aliphatic carboxylic acids is 1. The highest BCUT2D eigenvalue weighted by atomic mass is 32.2. The quantitative estimate of drug-likeness (QED) is 0.0272. The van der Waals surface area contributed by atoms with Crippen molar-refractivity contribution in [3.05, 3.63) is 70.8 Å². The molecule has 1 aliphatic carbocycles. The number of hydrogen-bond donors (Lipinski definition) is 4. The summed E-state index contributed by atoms with van der Waals surface area (Å²) in [4.78, 5) is 182. The van der Waals surface area contributed by atoms with E-state index in [1.165, 1.54) is 53.8 Å². The first kappa shape index (κ1) is 94.8. The monoisotopic (exact) mass is 1590 g/mol. The van der Waals surface area contributed by atoms with Crippen LogP contribution in [0.15, 0.2) is 42.5 Å². The summed E-state index contributed by atoms with van der Waals surface area (Å²) in [5, 5.41) is 14.4. The lowest BCUT2D eigenvalue weighted by molar-refractivity contribution is -0.149. The van der Waals surface area contributed by atoms with Crippen LogP contribution in [0.2, 0.25) is 0 Å². The summed E-state index contributed by atoms with van der Waals surface area (Å²) in [5.74, 6) is -8.68. The van der Waals surface area contributed by atoms with Gasteiger partial charge < -0.3 is 55.1 Å². The normalized spacial score (nSPS) is 18.5. The number of nitrogens with one attached hydrogen (secondary N) is 2. The summed E-state index contributed by atoms with van der Waals surface area (Å²) >= 11 is 1.36. The van der Waals surface area contributed by atoms with Crippen molar-refractivity contribution in [2.24, 2.45) is 52.6 Å². The molecule has 0 spiro atoms. The number of Topliss-reactive ketones (excluding diaryl/α,β-unsaturated/α-hetero) is 3. The molecule has 2 aromatic rings. The molecule has 2 saturated heterocycles. The number of unbranched alkanes of at least 4 members (excludes halogenated alkanes) is 3. The summed E-state index contributed by atoms with van der Waals surface area (Å²) in [7, 11) is 9.70. The molecule has 26 nitrogen and oxygen atoms in total. The maximum absolute atomic E-state index is 15.1. The van der Waals surface area contributed by atoms with Crippen molar-refractivity contribution in [1.29, 1.82) is 0 Å². The molecular formula is C83H126F2N8O18S. The Bertz CT molecular complexity index is 3490. The van der Waals surface area contributed by atoms with Gasteiger partial charge in [0.25, 0.3) is 0 Å². The topological polar surface area (TPSA) is 345 Å². The second-order valence-corrected chi connectivity index (χ2v) is 33.5. The van der Waals surface area contributed by atoms with Crippen molar-refractivity contribution < 1.29 is 95.2 Å². The number of methoxy groups -OCH3 is 2. The Labute approximate surface area is 664 Å². The van der Waals surface area contributed by atoms with Crippen LogP contribution in [0.25, 0.3) is 0 Å². The van der Waals surface area contributed by atoms with Crippen molar-refractivity contribution in [2.45, 2.75) is 251 Å². The molecule has 112 heavy (non-hydrogen) atoms. The number of likely N-dealkylation sites (tertiary alicyclic amines) is 2. The molecule has 3 fully saturated rings. The maximum atomic E-state index is 15.1. The van der Waals surface area contributed by atoms with Crippen LogP contribution < -0.4 is 16.4 Å². The smallest absolute Gasteiger partial charge is 0.409 e. The lowest BCUT2D eigenvalue weighted by Gasteiger charge is -2.41. The number of imide groups is 1. The van der Waals surface area contributed by atoms with E-state index < -0.39 is 119 Å². The van der Waals surface area contributed by atoms with Crippen molar-refractivity contribution in [2.75, 3.05) is 74.3 Å². The van der Waals surface area contributed by atoms with E-state index in [4.69, 9.17) is 24.7 Å². The van der Waals surface area contributed by atoms with Gasteiger partial charge in [0.15, 0.2) is 11.6 Å². The maximum Gasteiger partial charge on any atom is 0.409 e. The molecule has 2 heterocycles. The number of rotatable bonds is 52. The molecule has 626 valence electrons. The zero-order chi connectivity index (χ0) is 83.4. The Hall–Kier alpha value is -7.76. The molecule has 12 atom stereocenters. The van der Waals surface area contributed by atoms with Gasteiger partial charge in [0.1, 0.15) is 30.1 Å². The van der Waals surface area contributed by atoms with Crippen molar-refractivity contribution >= 4 is 88.5 Å². The largest absolute Gasteiger partial charge is 0.481 e. The molecule has 0 bridgehead atoms. The van der Waals surface area contributed by atoms with Crippen LogP contribution >= 0.6 is 11.8 Å². The summed E-state index contributed by atoms with van der Waals surface area (Å²) < 4.78 is 53.0. The fourth-order valence-corrected chi connectivity index (χ4v) is 16.8. The third kappa shape index (κ3) is 29.0. The fraction of sp³-hybridized carbons (Fsp3) is 0.699. The average Bonchev–Trinajstić information content (AvgIpc) is 1.73. The molecule has 1 saturated carbocycles. The van der Waals surface area contributed by atoms with E-state index in [2.05, 4.69) is 10.6 Å². The summed E-state index contributed by atoms with van der Waals surface area (Å²) in [5.41, 5.74) is 6.12. The molecule has 1 unspecified atom stereocenters. The number of thioether (sulfide) groups is 1. The first-order valence-corrected chi connectivity index (χ1v) is 40.9. The zero-order valence-electron chi connectivity index (χ0n) is 68.7. The van der Waals surface area contributed by atoms with Crippen LogP contribution in [0, 0.1) is 58.5 Å². The van der Waals surface area contributed by atoms with Gasteiger partial charge in [-0.15, -0.1) is 11.8 Å². The van der Waals surface area contributed by atoms with E-state index in [1.807, 2.05) is 74.4 Å². The molecule has 2 aromatic carbocycles. The number of hydrogen-bond acceptors (Lipinski definition) is 19. The number of nitrogens with two attached hydrogens (primary N) is 1. The minimum Gasteiger partial charge on any atom is -0.481 e. The summed E-state index contributed by atoms with van der Waals surface area (Å²) in [6.45, 7) is 16.8. The summed E-state index contributed by atoms with van der Waals surface area (Å²) in [6, 6.07) is 7.47. The van der Waals surface area contributed by atoms with Gasteiger partial charge in [-0.05, 0) is 118 Å². The van der Waals surface area contributed by atoms with Crippen LogP contribution in [-0.4, -0.2) is 228 Å². The molecule has 5 rings (SSSR count). The van der Waals surface area contributed by atoms with Crippen LogP contribution in [0.3, 0.4) is 0 Å². The Morgan fingerprint density at radius 3 is 1.97 bits per heavy atom. The average molecular weight is 1590 g/mol. The fourth-order valence-electron chi connectivity index (χ4n) is 15.3. The number of benzene rings is 2. The van der Waals surface area contributed by atoms with E-state index in [-0.39, 0.29) is 186 Å². The minimum absolute atomic E-state index is 0.000801. The van der Waals surface area contributed by atoms with Crippen LogP contribution in [-0.2, 0) is 95.9 Å². The predicted octanol–water partition coefficient (Wildman–Crippen LogP) is 9.48. The van der Waals surface area contributed by atoms with E-state index in [9.17, 15) is 71.4 Å². The van der Waals surface area contributed by atoms with E-state index in [0.29, 0.717) is 55.4 Å². The second kappa shape index (κ2) is 46.0. The van der Waals surface area contributed by atoms with E-state index in [1.54, 1.807) is 43.1 Å². The number of carboxylic acids is 1. The van der Waals surface area contributed by atoms with E-state index in [0.717, 1.165) is 25.0 Å². The van der Waals surface area contributed by atoms with Crippen LogP contribution in [0.5, 0.6) is 0 Å². The third-order valence-electron chi connectivity index (χ3n) is 22.4. The molecular weight excluding hydrogens is 1470 g/mol. The zero-order valence-corrected chi connectivity index (χ0v) is 69.5. The predicted molar refractivity (Wildman–Crippen MR) is 419 cm³/mol. The number of amides is 8. The number of esters is 1. The standard InChI is InChI=1S/C83H126F2N8O18S/c1-16-53(8)76(91(13)80(105)61(51(4)5)43-67(96)75(52(6)7)89(10)11)68(108-14)44-71(98)93-47-58(42-65(93)77(109-15)54(9)78(103)87-37-34-59-62(84)25-22-26-63(59)85)111-82(107)90(12)38-23-29-74(102)110-48-56-32-30-55(31-33-56)40-66(95)64(27-19-20-28-70(86)97)88-79(104)60(50(2)3)41-57(94)24-18-17-21-39-92-72(99)45-69(81(92)106)112-49-83(35-36-83)46-73(100)101/h22,25-26,30-33,50-54,58,60-61,64-65,68-69,75-77H,16-21,23-24,27-29,34-49H2,1-15H3,(H2,86,97)(H,87,103)(H,88,104)(H,100,101)/t53-,54+,58-,60-,61-,64-,65-,68+,69?,75-,76-,77+/m0/s1. The molecule has 3 aliphatic rings. The molecule has 5 N–H and O–H groups in total. The van der Waals surface area contributed by atoms with Gasteiger partial charge in [-0.25, -0.2) is 13.6 Å². The van der Waals surface area contributed by atoms with Gasteiger partial charge in [0, 0.05) is 122 Å². The molecule has 0 radical (unpaired) electrons. The number of carboxylic acid groups (broad SMARTS) is 1. The highest BCUT2D eigenvalue weighted by Gasteiger charge is 2.49. The number of carbonyl (C=O) groups excluding carboxylic acids is 12. The van der Waals surface area contributed by atoms with Gasteiger partial charge in [0.05, 0.1) is 66.9 Å². The molecule has 0 aromatic heterocycles. The molecule has 2 aliphatic heterocycles. The number of likely N-dealkylation sites (N-methyl/N-ethyl adjacent to an activating group) is 2. The highest BCUT2D eigenvalue weighted by Crippen LogP contribution is 2.52. The molecule has 8 amide bonds. The number of carbonyl (C=O) groups is 13. The van der Waals surface area contributed by atoms with Gasteiger partial charge in [-0.1, -0.05) is 112 Å². The summed E-state index contributed by atoms with van der Waals surface area (Å²) in [6.07, 6.45) is 1.18. The van der Waals surface area contributed by atoms with Gasteiger partial charge in [-0.3, -0.25) is 67.3 Å². The van der Waals surface area contributed by atoms with Crippen molar-refractivity contribution in [3.63, 3.8) is 0 Å².